The van der Waals surface area contributed by atoms with Crippen molar-refractivity contribution in [2.45, 2.75) is 72.8 Å². The Kier molecular flexibility index (Phi) is 6.89. The molecule has 2 N–H and O–H groups in total. The summed E-state index contributed by atoms with van der Waals surface area (Å²) >= 11 is 0. The van der Waals surface area contributed by atoms with Crippen molar-refractivity contribution in [2.24, 2.45) is 17.1 Å². The number of hydrogen-bond donors (Lipinski definition) is 1. The lowest BCUT2D eigenvalue weighted by atomic mass is 9.85. The molecule has 0 aromatic carbocycles. The number of carbonyl (C=O) groups is 1. The van der Waals surface area contributed by atoms with Gasteiger partial charge in [-0.25, -0.2) is 0 Å². The van der Waals surface area contributed by atoms with Crippen LogP contribution in [0.5, 0.6) is 0 Å². The first-order valence-electron chi connectivity index (χ1n) is 6.55. The van der Waals surface area contributed by atoms with Crippen LogP contribution in [0.3, 0.4) is 0 Å². The van der Waals surface area contributed by atoms with Crippen LogP contribution in [0.15, 0.2) is 0 Å². The molecule has 0 aromatic heterocycles. The van der Waals surface area contributed by atoms with Crippen molar-refractivity contribution in [1.82, 2.24) is 0 Å². The van der Waals surface area contributed by atoms with E-state index in [1.165, 1.54) is 0 Å². The molecule has 0 radical (unpaired) electrons. The van der Waals surface area contributed by atoms with E-state index in [1.807, 2.05) is 0 Å². The van der Waals surface area contributed by atoms with Crippen LogP contribution in [0.4, 0.5) is 0 Å². The van der Waals surface area contributed by atoms with E-state index in [0.29, 0.717) is 24.5 Å². The van der Waals surface area contributed by atoms with Gasteiger partial charge < -0.3 is 5.73 Å². The SMILES string of the molecule is CCC(CC)CC(=O)CC(N)CC(C)(C)C. The van der Waals surface area contributed by atoms with Crippen molar-refractivity contribution < 1.29 is 4.79 Å². The largest absolute Gasteiger partial charge is 0.327 e. The lowest BCUT2D eigenvalue weighted by molar-refractivity contribution is -0.120. The van der Waals surface area contributed by atoms with Crippen LogP contribution in [0.1, 0.15) is 66.7 Å². The van der Waals surface area contributed by atoms with Crippen LogP contribution in [0.25, 0.3) is 0 Å². The number of ketones is 1. The van der Waals surface area contributed by atoms with Crippen LogP contribution in [0, 0.1) is 11.3 Å². The van der Waals surface area contributed by atoms with Gasteiger partial charge in [0.05, 0.1) is 0 Å². The van der Waals surface area contributed by atoms with E-state index >= 15 is 0 Å². The second kappa shape index (κ2) is 7.05. The quantitative estimate of drug-likeness (QED) is 0.723. The van der Waals surface area contributed by atoms with Crippen LogP contribution in [-0.2, 0) is 4.79 Å². The average molecular weight is 227 g/mol. The smallest absolute Gasteiger partial charge is 0.134 e. The maximum Gasteiger partial charge on any atom is 0.134 e. The van der Waals surface area contributed by atoms with Gasteiger partial charge in [0.25, 0.3) is 0 Å². The average Bonchev–Trinajstić information content (AvgIpc) is 2.10. The van der Waals surface area contributed by atoms with Gasteiger partial charge in [0.2, 0.25) is 0 Å². The molecule has 0 rings (SSSR count). The van der Waals surface area contributed by atoms with Crippen molar-refractivity contribution in [2.75, 3.05) is 0 Å². The van der Waals surface area contributed by atoms with Gasteiger partial charge in [-0.3, -0.25) is 4.79 Å². The first-order valence-corrected chi connectivity index (χ1v) is 6.55. The van der Waals surface area contributed by atoms with Crippen molar-refractivity contribution in [3.8, 4) is 0 Å². The highest BCUT2D eigenvalue weighted by Crippen LogP contribution is 2.22. The molecule has 1 atom stereocenters. The Morgan fingerprint density at radius 3 is 2.00 bits per heavy atom. The van der Waals surface area contributed by atoms with E-state index in [9.17, 15) is 4.79 Å². The summed E-state index contributed by atoms with van der Waals surface area (Å²) in [5.74, 6) is 0.889. The van der Waals surface area contributed by atoms with E-state index in [0.717, 1.165) is 19.3 Å². The van der Waals surface area contributed by atoms with Gasteiger partial charge in [-0.05, 0) is 17.8 Å². The van der Waals surface area contributed by atoms with E-state index in [2.05, 4.69) is 34.6 Å². The number of nitrogens with two attached hydrogens (primary N) is 1. The Bertz CT molecular complexity index is 201. The van der Waals surface area contributed by atoms with Crippen LogP contribution >= 0.6 is 0 Å². The van der Waals surface area contributed by atoms with Crippen LogP contribution in [-0.4, -0.2) is 11.8 Å². The summed E-state index contributed by atoms with van der Waals surface area (Å²) in [5.41, 5.74) is 6.22. The minimum absolute atomic E-state index is 0.0295. The molecule has 0 spiro atoms. The van der Waals surface area contributed by atoms with Crippen molar-refractivity contribution >= 4 is 5.78 Å². The molecule has 0 amide bonds. The summed E-state index contributed by atoms with van der Waals surface area (Å²) in [6.07, 6.45) is 4.37. The lowest BCUT2D eigenvalue weighted by Gasteiger charge is -2.23. The number of carbonyl (C=O) groups excluding carboxylic acids is 1. The Morgan fingerprint density at radius 1 is 1.12 bits per heavy atom. The van der Waals surface area contributed by atoms with Gasteiger partial charge in [0.1, 0.15) is 5.78 Å². The summed E-state index contributed by atoms with van der Waals surface area (Å²) in [6, 6.07) is 0.0295. The zero-order valence-electron chi connectivity index (χ0n) is 11.7. The Balaban J connectivity index is 3.95. The third kappa shape index (κ3) is 7.86. The van der Waals surface area contributed by atoms with E-state index in [4.69, 9.17) is 5.73 Å². The molecule has 0 heterocycles. The van der Waals surface area contributed by atoms with Gasteiger partial charge in [-0.15, -0.1) is 0 Å². The molecule has 0 saturated heterocycles. The van der Waals surface area contributed by atoms with Crippen molar-refractivity contribution in [3.05, 3.63) is 0 Å². The minimum Gasteiger partial charge on any atom is -0.327 e. The Morgan fingerprint density at radius 2 is 1.62 bits per heavy atom. The summed E-state index contributed by atoms with van der Waals surface area (Å²) in [7, 11) is 0. The molecule has 1 unspecified atom stereocenters. The van der Waals surface area contributed by atoms with Crippen LogP contribution in [0.2, 0.25) is 0 Å². The molecule has 0 fully saturated rings. The highest BCUT2D eigenvalue weighted by atomic mass is 16.1. The molecule has 0 bridgehead atoms. The highest BCUT2D eigenvalue weighted by molar-refractivity contribution is 5.79. The molecule has 0 aliphatic heterocycles. The fourth-order valence-electron chi connectivity index (χ4n) is 2.13. The molecular formula is C14H29NO. The van der Waals surface area contributed by atoms with Crippen LogP contribution < -0.4 is 5.73 Å². The molecule has 16 heavy (non-hydrogen) atoms. The second-order valence-electron chi connectivity index (χ2n) is 6.15. The number of hydrogen-bond acceptors (Lipinski definition) is 2. The third-order valence-electron chi connectivity index (χ3n) is 3.04. The summed E-state index contributed by atoms with van der Waals surface area (Å²) in [6.45, 7) is 10.8. The second-order valence-corrected chi connectivity index (χ2v) is 6.15. The third-order valence-corrected chi connectivity index (χ3v) is 3.04. The summed E-state index contributed by atoms with van der Waals surface area (Å²) in [5, 5.41) is 0. The number of rotatable bonds is 7. The van der Waals surface area contributed by atoms with Gasteiger partial charge in [0, 0.05) is 18.9 Å². The molecule has 0 saturated carbocycles. The zero-order chi connectivity index (χ0) is 12.8. The Labute approximate surface area is 101 Å². The molecule has 2 nitrogen and oxygen atoms in total. The van der Waals surface area contributed by atoms with E-state index < -0.39 is 0 Å². The fraction of sp³-hybridized carbons (Fsp3) is 0.929. The number of Topliss-reactive ketones (excluding diaryl/α,β-unsaturated/α-hetero) is 1. The molecular weight excluding hydrogens is 198 g/mol. The summed E-state index contributed by atoms with van der Waals surface area (Å²) in [4.78, 5) is 11.8. The molecule has 0 aliphatic carbocycles. The zero-order valence-corrected chi connectivity index (χ0v) is 11.7. The highest BCUT2D eigenvalue weighted by Gasteiger charge is 2.19. The minimum atomic E-state index is 0.0295. The van der Waals surface area contributed by atoms with Crippen molar-refractivity contribution in [3.63, 3.8) is 0 Å². The van der Waals surface area contributed by atoms with Gasteiger partial charge >= 0.3 is 0 Å². The monoisotopic (exact) mass is 227 g/mol. The molecule has 0 aromatic rings. The molecule has 0 aliphatic rings. The van der Waals surface area contributed by atoms with E-state index in [-0.39, 0.29) is 11.5 Å². The topological polar surface area (TPSA) is 43.1 Å². The van der Waals surface area contributed by atoms with E-state index in [1.54, 1.807) is 0 Å². The van der Waals surface area contributed by atoms with Gasteiger partial charge in [0.15, 0.2) is 0 Å². The van der Waals surface area contributed by atoms with Crippen molar-refractivity contribution in [1.29, 1.82) is 0 Å². The first-order chi connectivity index (χ1) is 7.28. The molecule has 2 heteroatoms. The predicted octanol–water partition coefficient (Wildman–Crippen LogP) is 3.54. The maximum atomic E-state index is 11.8. The van der Waals surface area contributed by atoms with Gasteiger partial charge in [-0.1, -0.05) is 47.5 Å². The lowest BCUT2D eigenvalue weighted by Crippen LogP contribution is -2.29. The summed E-state index contributed by atoms with van der Waals surface area (Å²) < 4.78 is 0. The first kappa shape index (κ1) is 15.6. The predicted molar refractivity (Wildman–Crippen MR) is 70.4 cm³/mol. The molecule has 96 valence electrons. The van der Waals surface area contributed by atoms with Gasteiger partial charge in [-0.2, -0.15) is 0 Å². The standard InChI is InChI=1S/C14H29NO/c1-6-11(7-2)8-13(16)9-12(15)10-14(3,4)5/h11-12H,6-10,15H2,1-5H3. The fourth-order valence-corrected chi connectivity index (χ4v) is 2.13. The Hall–Kier alpha value is -0.370. The normalized spacial score (nSPS) is 14.2. The maximum absolute atomic E-state index is 11.8.